The van der Waals surface area contributed by atoms with Crippen LogP contribution >= 0.6 is 11.3 Å². The van der Waals surface area contributed by atoms with Crippen LogP contribution in [-0.2, 0) is 4.79 Å². The molecule has 2 rings (SSSR count). The number of amides is 1. The van der Waals surface area contributed by atoms with Crippen molar-refractivity contribution in [3.05, 3.63) is 24.0 Å². The lowest BCUT2D eigenvalue weighted by atomic mass is 10.2. The minimum atomic E-state index is -0.331. The van der Waals surface area contributed by atoms with E-state index in [0.29, 0.717) is 10.6 Å². The van der Waals surface area contributed by atoms with Gasteiger partial charge in [0.25, 0.3) is 0 Å². The highest BCUT2D eigenvalue weighted by Gasteiger charge is 2.14. The molecule has 0 aliphatic carbocycles. The summed E-state index contributed by atoms with van der Waals surface area (Å²) in [4.78, 5) is 17.8. The molecule has 6 heteroatoms. The maximum atomic E-state index is 13.6. The van der Waals surface area contributed by atoms with Gasteiger partial charge in [-0.2, -0.15) is 0 Å². The SMILES string of the molecule is CCC(C)NC(=O)CN(C)c1nc2c(F)cccc2s1. The molecule has 0 bridgehead atoms. The fraction of sp³-hybridized carbons (Fsp3) is 0.429. The molecule has 1 atom stereocenters. The van der Waals surface area contributed by atoms with E-state index in [4.69, 9.17) is 0 Å². The number of benzene rings is 1. The summed E-state index contributed by atoms with van der Waals surface area (Å²) in [7, 11) is 1.78. The molecule has 1 amide bonds. The third-order valence-corrected chi connectivity index (χ3v) is 4.22. The predicted molar refractivity (Wildman–Crippen MR) is 80.7 cm³/mol. The molecule has 0 aliphatic heterocycles. The third kappa shape index (κ3) is 3.25. The average molecular weight is 295 g/mol. The zero-order valence-corrected chi connectivity index (χ0v) is 12.6. The van der Waals surface area contributed by atoms with Crippen LogP contribution in [0.3, 0.4) is 0 Å². The lowest BCUT2D eigenvalue weighted by Crippen LogP contribution is -2.39. The van der Waals surface area contributed by atoms with E-state index >= 15 is 0 Å². The van der Waals surface area contributed by atoms with E-state index in [-0.39, 0.29) is 24.3 Å². The van der Waals surface area contributed by atoms with Gasteiger partial charge in [0, 0.05) is 13.1 Å². The molecule has 0 saturated carbocycles. The van der Waals surface area contributed by atoms with Crippen molar-refractivity contribution in [2.75, 3.05) is 18.5 Å². The first-order chi connectivity index (χ1) is 9.51. The molecule has 1 aromatic heterocycles. The monoisotopic (exact) mass is 295 g/mol. The van der Waals surface area contributed by atoms with E-state index in [1.807, 2.05) is 19.9 Å². The molecule has 2 aromatic rings. The number of likely N-dealkylation sites (N-methyl/N-ethyl adjacent to an activating group) is 1. The minimum Gasteiger partial charge on any atom is -0.352 e. The summed E-state index contributed by atoms with van der Waals surface area (Å²) in [5.41, 5.74) is 0.363. The molecule has 1 unspecified atom stereocenters. The summed E-state index contributed by atoms with van der Waals surface area (Å²) in [6.45, 7) is 4.20. The smallest absolute Gasteiger partial charge is 0.239 e. The minimum absolute atomic E-state index is 0.0541. The van der Waals surface area contributed by atoms with Crippen LogP contribution in [0, 0.1) is 5.82 Å². The Bertz CT molecular complexity index is 613. The van der Waals surface area contributed by atoms with Crippen molar-refractivity contribution in [2.45, 2.75) is 26.3 Å². The van der Waals surface area contributed by atoms with Crippen molar-refractivity contribution < 1.29 is 9.18 Å². The molecular weight excluding hydrogens is 277 g/mol. The first-order valence-corrected chi connectivity index (χ1v) is 7.38. The van der Waals surface area contributed by atoms with E-state index in [0.717, 1.165) is 11.1 Å². The fourth-order valence-corrected chi connectivity index (χ4v) is 2.71. The highest BCUT2D eigenvalue weighted by molar-refractivity contribution is 7.22. The second-order valence-corrected chi connectivity index (χ2v) is 5.82. The first kappa shape index (κ1) is 14.7. The van der Waals surface area contributed by atoms with Gasteiger partial charge in [-0.25, -0.2) is 9.37 Å². The standard InChI is InChI=1S/C14H18FN3OS/c1-4-9(2)16-12(19)8-18(3)14-17-13-10(15)6-5-7-11(13)20-14/h5-7,9H,4,8H2,1-3H3,(H,16,19). The number of hydrogen-bond donors (Lipinski definition) is 1. The highest BCUT2D eigenvalue weighted by Crippen LogP contribution is 2.29. The highest BCUT2D eigenvalue weighted by atomic mass is 32.1. The fourth-order valence-electron chi connectivity index (χ4n) is 1.77. The predicted octanol–water partition coefficient (Wildman–Crippen LogP) is 2.79. The zero-order chi connectivity index (χ0) is 14.7. The van der Waals surface area contributed by atoms with Crippen LogP contribution in [0.15, 0.2) is 18.2 Å². The number of nitrogens with zero attached hydrogens (tertiary/aromatic N) is 2. The van der Waals surface area contributed by atoms with Crippen molar-refractivity contribution in [1.29, 1.82) is 0 Å². The van der Waals surface area contributed by atoms with Crippen molar-refractivity contribution in [2.24, 2.45) is 0 Å². The summed E-state index contributed by atoms with van der Waals surface area (Å²) in [6.07, 6.45) is 0.891. The second-order valence-electron chi connectivity index (χ2n) is 4.82. The normalized spacial score (nSPS) is 12.4. The van der Waals surface area contributed by atoms with Crippen LogP contribution in [0.1, 0.15) is 20.3 Å². The van der Waals surface area contributed by atoms with Gasteiger partial charge in [-0.3, -0.25) is 4.79 Å². The van der Waals surface area contributed by atoms with E-state index in [1.54, 1.807) is 18.0 Å². The van der Waals surface area contributed by atoms with Crippen LogP contribution in [-0.4, -0.2) is 30.5 Å². The Balaban J connectivity index is 2.09. The molecule has 0 fully saturated rings. The Morgan fingerprint density at radius 2 is 2.30 bits per heavy atom. The number of fused-ring (bicyclic) bond motifs is 1. The number of halogens is 1. The van der Waals surface area contributed by atoms with Crippen molar-refractivity contribution in [3.8, 4) is 0 Å². The topological polar surface area (TPSA) is 45.2 Å². The van der Waals surface area contributed by atoms with Gasteiger partial charge in [0.15, 0.2) is 5.13 Å². The van der Waals surface area contributed by atoms with E-state index in [1.165, 1.54) is 17.4 Å². The van der Waals surface area contributed by atoms with Gasteiger partial charge in [0.05, 0.1) is 11.2 Å². The number of carbonyl (C=O) groups is 1. The van der Waals surface area contributed by atoms with Crippen LogP contribution in [0.2, 0.25) is 0 Å². The van der Waals surface area contributed by atoms with Crippen molar-refractivity contribution in [1.82, 2.24) is 10.3 Å². The van der Waals surface area contributed by atoms with E-state index in [9.17, 15) is 9.18 Å². The Kier molecular flexibility index (Phi) is 4.54. The number of para-hydroxylation sites is 1. The molecule has 0 spiro atoms. The van der Waals surface area contributed by atoms with E-state index in [2.05, 4.69) is 10.3 Å². The van der Waals surface area contributed by atoms with Crippen LogP contribution in [0.5, 0.6) is 0 Å². The average Bonchev–Trinajstić information content (AvgIpc) is 2.84. The lowest BCUT2D eigenvalue weighted by Gasteiger charge is -2.17. The van der Waals surface area contributed by atoms with Gasteiger partial charge in [-0.1, -0.05) is 24.3 Å². The quantitative estimate of drug-likeness (QED) is 0.922. The molecular formula is C14H18FN3OS. The van der Waals surface area contributed by atoms with Gasteiger partial charge in [0.1, 0.15) is 11.3 Å². The van der Waals surface area contributed by atoms with Crippen molar-refractivity contribution in [3.63, 3.8) is 0 Å². The van der Waals surface area contributed by atoms with Crippen LogP contribution in [0.4, 0.5) is 9.52 Å². The maximum absolute atomic E-state index is 13.6. The Morgan fingerprint density at radius 1 is 1.55 bits per heavy atom. The van der Waals surface area contributed by atoms with Gasteiger partial charge in [-0.05, 0) is 25.5 Å². The molecule has 1 aromatic carbocycles. The molecule has 0 aliphatic rings. The number of hydrogen-bond acceptors (Lipinski definition) is 4. The second kappa shape index (κ2) is 6.17. The molecule has 1 N–H and O–H groups in total. The molecule has 108 valence electrons. The van der Waals surface area contributed by atoms with Gasteiger partial charge >= 0.3 is 0 Å². The van der Waals surface area contributed by atoms with Crippen molar-refractivity contribution >= 4 is 32.6 Å². The summed E-state index contributed by atoms with van der Waals surface area (Å²) in [5, 5.41) is 3.54. The van der Waals surface area contributed by atoms with Gasteiger partial charge in [-0.15, -0.1) is 0 Å². The molecule has 0 saturated heterocycles. The summed E-state index contributed by atoms with van der Waals surface area (Å²) < 4.78 is 14.4. The number of carbonyl (C=O) groups excluding carboxylic acids is 1. The number of aromatic nitrogens is 1. The third-order valence-electron chi connectivity index (χ3n) is 3.09. The van der Waals surface area contributed by atoms with Crippen LogP contribution < -0.4 is 10.2 Å². The lowest BCUT2D eigenvalue weighted by molar-refractivity contribution is -0.120. The summed E-state index contributed by atoms with van der Waals surface area (Å²) in [6, 6.07) is 5.03. The largest absolute Gasteiger partial charge is 0.352 e. The summed E-state index contributed by atoms with van der Waals surface area (Å²) in [5.74, 6) is -0.385. The van der Waals surface area contributed by atoms with E-state index < -0.39 is 0 Å². The molecule has 1 heterocycles. The van der Waals surface area contributed by atoms with Gasteiger partial charge < -0.3 is 10.2 Å². The number of rotatable bonds is 5. The first-order valence-electron chi connectivity index (χ1n) is 6.56. The number of anilines is 1. The Hall–Kier alpha value is -1.69. The van der Waals surface area contributed by atoms with Gasteiger partial charge in [0.2, 0.25) is 5.91 Å². The Morgan fingerprint density at radius 3 is 2.95 bits per heavy atom. The maximum Gasteiger partial charge on any atom is 0.239 e. The Labute approximate surface area is 121 Å². The summed E-state index contributed by atoms with van der Waals surface area (Å²) >= 11 is 1.38. The molecule has 0 radical (unpaired) electrons. The molecule has 4 nitrogen and oxygen atoms in total. The zero-order valence-electron chi connectivity index (χ0n) is 11.8. The molecule has 20 heavy (non-hydrogen) atoms. The number of nitrogens with one attached hydrogen (secondary N) is 1. The number of thiazole rings is 1. The van der Waals surface area contributed by atoms with Crippen LogP contribution in [0.25, 0.3) is 10.2 Å².